The molecule has 0 aromatic heterocycles. The summed E-state index contributed by atoms with van der Waals surface area (Å²) in [5, 5.41) is 2.12. The Balaban J connectivity index is 1.82. The Labute approximate surface area is 141 Å². The molecule has 0 saturated heterocycles. The van der Waals surface area contributed by atoms with Crippen molar-refractivity contribution in [1.82, 2.24) is 0 Å². The van der Waals surface area contributed by atoms with E-state index < -0.39 is 0 Å². The number of rotatable bonds is 2. The highest BCUT2D eigenvalue weighted by atomic mass is 16.5. The van der Waals surface area contributed by atoms with Crippen molar-refractivity contribution < 1.29 is 9.53 Å². The van der Waals surface area contributed by atoms with Crippen LogP contribution >= 0.6 is 0 Å². The van der Waals surface area contributed by atoms with Crippen molar-refractivity contribution >= 4 is 22.4 Å². The second kappa shape index (κ2) is 6.00. The van der Waals surface area contributed by atoms with E-state index in [1.165, 1.54) is 5.56 Å². The van der Waals surface area contributed by atoms with E-state index in [2.05, 4.69) is 6.07 Å². The van der Waals surface area contributed by atoms with Crippen LogP contribution in [0.3, 0.4) is 0 Å². The van der Waals surface area contributed by atoms with Crippen LogP contribution in [0, 0.1) is 0 Å². The van der Waals surface area contributed by atoms with Gasteiger partial charge in [-0.25, -0.2) is 0 Å². The Morgan fingerprint density at radius 2 is 1.71 bits per heavy atom. The SMILES string of the molecule is COc1cc2ccccc2cc1C(=O)N1CCCc2ccccc21. The van der Waals surface area contributed by atoms with Crippen molar-refractivity contribution in [3.63, 3.8) is 0 Å². The van der Waals surface area contributed by atoms with Gasteiger partial charge in [-0.3, -0.25) is 4.79 Å². The van der Waals surface area contributed by atoms with E-state index in [1.54, 1.807) is 7.11 Å². The molecule has 0 radical (unpaired) electrons. The van der Waals surface area contributed by atoms with Crippen molar-refractivity contribution in [2.24, 2.45) is 0 Å². The fourth-order valence-corrected chi connectivity index (χ4v) is 3.45. The predicted molar refractivity (Wildman–Crippen MR) is 96.9 cm³/mol. The van der Waals surface area contributed by atoms with E-state index in [1.807, 2.05) is 59.5 Å². The Kier molecular flexibility index (Phi) is 3.69. The maximum atomic E-state index is 13.2. The number of ether oxygens (including phenoxy) is 1. The number of hydrogen-bond donors (Lipinski definition) is 0. The topological polar surface area (TPSA) is 29.5 Å². The first-order chi connectivity index (χ1) is 11.8. The highest BCUT2D eigenvalue weighted by Gasteiger charge is 2.25. The van der Waals surface area contributed by atoms with Crippen molar-refractivity contribution in [1.29, 1.82) is 0 Å². The summed E-state index contributed by atoms with van der Waals surface area (Å²) in [6.07, 6.45) is 2.01. The second-order valence-electron chi connectivity index (χ2n) is 6.09. The van der Waals surface area contributed by atoms with Crippen LogP contribution in [0.4, 0.5) is 5.69 Å². The van der Waals surface area contributed by atoms with Crippen LogP contribution in [-0.4, -0.2) is 19.6 Å². The summed E-state index contributed by atoms with van der Waals surface area (Å²) in [4.78, 5) is 15.1. The summed E-state index contributed by atoms with van der Waals surface area (Å²) in [5.74, 6) is 0.631. The zero-order chi connectivity index (χ0) is 16.5. The molecular weight excluding hydrogens is 298 g/mol. The molecule has 0 saturated carbocycles. The lowest BCUT2D eigenvalue weighted by Gasteiger charge is -2.30. The van der Waals surface area contributed by atoms with Crippen LogP contribution in [0.2, 0.25) is 0 Å². The van der Waals surface area contributed by atoms with E-state index in [0.29, 0.717) is 11.3 Å². The van der Waals surface area contributed by atoms with Crippen LogP contribution in [0.5, 0.6) is 5.75 Å². The summed E-state index contributed by atoms with van der Waals surface area (Å²) in [5.41, 5.74) is 2.87. The molecule has 24 heavy (non-hydrogen) atoms. The average molecular weight is 317 g/mol. The van der Waals surface area contributed by atoms with Crippen molar-refractivity contribution in [2.45, 2.75) is 12.8 Å². The average Bonchev–Trinajstić information content (AvgIpc) is 2.66. The van der Waals surface area contributed by atoms with Crippen LogP contribution in [0.15, 0.2) is 60.7 Å². The lowest BCUT2D eigenvalue weighted by molar-refractivity contribution is 0.0982. The standard InChI is InChI=1S/C21H19NO2/c1-24-20-14-17-9-3-2-8-16(17)13-18(20)21(23)22-12-6-10-15-7-4-5-11-19(15)22/h2-5,7-9,11,13-14H,6,10,12H2,1H3. The summed E-state index contributed by atoms with van der Waals surface area (Å²) < 4.78 is 5.51. The fraction of sp³-hybridized carbons (Fsp3) is 0.190. The van der Waals surface area contributed by atoms with E-state index >= 15 is 0 Å². The number of methoxy groups -OCH3 is 1. The molecule has 120 valence electrons. The highest BCUT2D eigenvalue weighted by molar-refractivity contribution is 6.10. The quantitative estimate of drug-likeness (QED) is 0.699. The Morgan fingerprint density at radius 1 is 1.00 bits per heavy atom. The zero-order valence-corrected chi connectivity index (χ0v) is 13.7. The number of nitrogens with zero attached hydrogens (tertiary/aromatic N) is 1. The number of benzene rings is 3. The van der Waals surface area contributed by atoms with Gasteiger partial charge < -0.3 is 9.64 Å². The second-order valence-corrected chi connectivity index (χ2v) is 6.09. The molecule has 0 fully saturated rings. The largest absolute Gasteiger partial charge is 0.496 e. The van der Waals surface area contributed by atoms with Gasteiger partial charge in [0, 0.05) is 12.2 Å². The third-order valence-electron chi connectivity index (χ3n) is 4.65. The number of aryl methyl sites for hydroxylation is 1. The molecule has 1 aliphatic rings. The zero-order valence-electron chi connectivity index (χ0n) is 13.7. The summed E-state index contributed by atoms with van der Waals surface area (Å²) in [7, 11) is 1.62. The molecule has 1 amide bonds. The van der Waals surface area contributed by atoms with Crippen molar-refractivity contribution in [2.75, 3.05) is 18.6 Å². The maximum Gasteiger partial charge on any atom is 0.262 e. The number of carbonyl (C=O) groups is 1. The molecule has 0 N–H and O–H groups in total. The minimum atomic E-state index is 0.00440. The number of para-hydroxylation sites is 1. The summed E-state index contributed by atoms with van der Waals surface area (Å²) in [6, 6.07) is 20.1. The van der Waals surface area contributed by atoms with Crippen LogP contribution in [-0.2, 0) is 6.42 Å². The van der Waals surface area contributed by atoms with E-state index in [0.717, 1.165) is 35.8 Å². The Morgan fingerprint density at radius 3 is 2.50 bits per heavy atom. The molecular formula is C21H19NO2. The van der Waals surface area contributed by atoms with Gasteiger partial charge in [0.15, 0.2) is 0 Å². The highest BCUT2D eigenvalue weighted by Crippen LogP contribution is 2.32. The summed E-state index contributed by atoms with van der Waals surface area (Å²) >= 11 is 0. The number of anilines is 1. The first-order valence-electron chi connectivity index (χ1n) is 8.24. The molecule has 3 aromatic carbocycles. The molecule has 3 nitrogen and oxygen atoms in total. The van der Waals surface area contributed by atoms with Gasteiger partial charge in [0.2, 0.25) is 0 Å². The molecule has 0 aliphatic carbocycles. The van der Waals surface area contributed by atoms with Gasteiger partial charge in [-0.05, 0) is 47.4 Å². The Hall–Kier alpha value is -2.81. The van der Waals surface area contributed by atoms with Crippen LogP contribution < -0.4 is 9.64 Å². The number of amides is 1. The molecule has 0 unspecified atom stereocenters. The van der Waals surface area contributed by atoms with Crippen LogP contribution in [0.1, 0.15) is 22.3 Å². The third kappa shape index (κ3) is 2.42. The first kappa shape index (κ1) is 14.8. The van der Waals surface area contributed by atoms with Crippen LogP contribution in [0.25, 0.3) is 10.8 Å². The minimum Gasteiger partial charge on any atom is -0.496 e. The van der Waals surface area contributed by atoms with Gasteiger partial charge >= 0.3 is 0 Å². The number of fused-ring (bicyclic) bond motifs is 2. The lowest BCUT2D eigenvalue weighted by Crippen LogP contribution is -2.35. The van der Waals surface area contributed by atoms with Gasteiger partial charge in [0.05, 0.1) is 12.7 Å². The fourth-order valence-electron chi connectivity index (χ4n) is 3.45. The smallest absolute Gasteiger partial charge is 0.262 e. The third-order valence-corrected chi connectivity index (χ3v) is 4.65. The minimum absolute atomic E-state index is 0.00440. The van der Waals surface area contributed by atoms with Gasteiger partial charge in [-0.2, -0.15) is 0 Å². The molecule has 0 bridgehead atoms. The number of hydrogen-bond acceptors (Lipinski definition) is 2. The van der Waals surface area contributed by atoms with Gasteiger partial charge in [-0.15, -0.1) is 0 Å². The summed E-state index contributed by atoms with van der Waals surface area (Å²) in [6.45, 7) is 0.742. The van der Waals surface area contributed by atoms with Crippen molar-refractivity contribution in [3.8, 4) is 5.75 Å². The normalized spacial score (nSPS) is 13.6. The van der Waals surface area contributed by atoms with Crippen molar-refractivity contribution in [3.05, 3.63) is 71.8 Å². The monoisotopic (exact) mass is 317 g/mol. The molecule has 1 heterocycles. The lowest BCUT2D eigenvalue weighted by atomic mass is 9.99. The molecule has 1 aliphatic heterocycles. The predicted octanol–water partition coefficient (Wildman–Crippen LogP) is 4.44. The molecule has 3 heteroatoms. The van der Waals surface area contributed by atoms with E-state index in [9.17, 15) is 4.79 Å². The molecule has 0 spiro atoms. The van der Waals surface area contributed by atoms with Gasteiger partial charge in [-0.1, -0.05) is 42.5 Å². The molecule has 4 rings (SSSR count). The van der Waals surface area contributed by atoms with E-state index in [4.69, 9.17) is 4.74 Å². The van der Waals surface area contributed by atoms with Gasteiger partial charge in [0.25, 0.3) is 5.91 Å². The molecule has 0 atom stereocenters. The Bertz CT molecular complexity index is 917. The number of carbonyl (C=O) groups excluding carboxylic acids is 1. The molecule has 3 aromatic rings. The van der Waals surface area contributed by atoms with E-state index in [-0.39, 0.29) is 5.91 Å². The maximum absolute atomic E-state index is 13.2. The van der Waals surface area contributed by atoms with Gasteiger partial charge in [0.1, 0.15) is 5.75 Å². The first-order valence-corrected chi connectivity index (χ1v) is 8.24.